The van der Waals surface area contributed by atoms with E-state index in [2.05, 4.69) is 18.4 Å². The summed E-state index contributed by atoms with van der Waals surface area (Å²) in [6, 6.07) is 0. The van der Waals surface area contributed by atoms with Gasteiger partial charge in [-0.3, -0.25) is 18.6 Å². The van der Waals surface area contributed by atoms with Crippen LogP contribution in [0.5, 0.6) is 0 Å². The van der Waals surface area contributed by atoms with Crippen molar-refractivity contribution in [1.29, 1.82) is 0 Å². The van der Waals surface area contributed by atoms with Crippen LogP contribution in [-0.4, -0.2) is 65.7 Å². The highest BCUT2D eigenvalue weighted by molar-refractivity contribution is 7.47. The summed E-state index contributed by atoms with van der Waals surface area (Å²) in [4.78, 5) is 34.7. The third-order valence-corrected chi connectivity index (χ3v) is 8.71. The zero-order valence-corrected chi connectivity index (χ0v) is 29.5. The van der Waals surface area contributed by atoms with Crippen molar-refractivity contribution < 1.29 is 47.8 Å². The van der Waals surface area contributed by atoms with Crippen molar-refractivity contribution in [2.45, 2.75) is 180 Å². The average molecular weight is 667 g/mol. The van der Waals surface area contributed by atoms with Crippen LogP contribution in [-0.2, 0) is 32.7 Å². The smallest absolute Gasteiger partial charge is 0.462 e. The highest BCUT2D eigenvalue weighted by Gasteiger charge is 2.27. The van der Waals surface area contributed by atoms with Crippen molar-refractivity contribution in [3.63, 3.8) is 0 Å². The lowest BCUT2D eigenvalue weighted by molar-refractivity contribution is -0.161. The predicted molar refractivity (Wildman–Crippen MR) is 178 cm³/mol. The number of aliphatic hydroxyl groups excluding tert-OH is 2. The summed E-state index contributed by atoms with van der Waals surface area (Å²) in [5.41, 5.74) is 0. The maximum absolute atomic E-state index is 12.5. The summed E-state index contributed by atoms with van der Waals surface area (Å²) < 4.78 is 32.5. The Morgan fingerprint density at radius 3 is 1.38 bits per heavy atom. The number of carbonyl (C=O) groups excluding carboxylic acids is 2. The third-order valence-electron chi connectivity index (χ3n) is 7.76. The molecular formula is C34H67O10P. The summed E-state index contributed by atoms with van der Waals surface area (Å²) in [7, 11) is -4.60. The zero-order chi connectivity index (χ0) is 33.4. The van der Waals surface area contributed by atoms with Gasteiger partial charge in [0.15, 0.2) is 6.10 Å². The first-order chi connectivity index (χ1) is 21.7. The van der Waals surface area contributed by atoms with Crippen LogP contribution in [0.3, 0.4) is 0 Å². The van der Waals surface area contributed by atoms with E-state index in [9.17, 15) is 24.2 Å². The van der Waals surface area contributed by atoms with Crippen molar-refractivity contribution in [3.05, 3.63) is 0 Å². The molecular weight excluding hydrogens is 599 g/mol. The first-order valence-corrected chi connectivity index (χ1v) is 19.5. The summed E-state index contributed by atoms with van der Waals surface area (Å²) in [5, 5.41) is 18.2. The Balaban J connectivity index is 4.38. The Labute approximate surface area is 273 Å². The first-order valence-electron chi connectivity index (χ1n) is 18.0. The maximum atomic E-state index is 12.5. The molecule has 0 aliphatic rings. The highest BCUT2D eigenvalue weighted by atomic mass is 31.2. The Bertz CT molecular complexity index is 736. The van der Waals surface area contributed by atoms with E-state index in [1.54, 1.807) is 0 Å². The minimum absolute atomic E-state index is 0.191. The molecule has 0 spiro atoms. The highest BCUT2D eigenvalue weighted by Crippen LogP contribution is 2.43. The van der Waals surface area contributed by atoms with Gasteiger partial charge in [-0.25, -0.2) is 4.57 Å². The van der Waals surface area contributed by atoms with Gasteiger partial charge in [0.05, 0.1) is 19.8 Å². The molecule has 0 aliphatic carbocycles. The minimum Gasteiger partial charge on any atom is -0.462 e. The third kappa shape index (κ3) is 31.3. The lowest BCUT2D eigenvalue weighted by atomic mass is 10.0. The van der Waals surface area contributed by atoms with Crippen molar-refractivity contribution in [3.8, 4) is 0 Å². The van der Waals surface area contributed by atoms with E-state index in [1.165, 1.54) is 89.9 Å². The van der Waals surface area contributed by atoms with Crippen molar-refractivity contribution in [1.82, 2.24) is 0 Å². The van der Waals surface area contributed by atoms with Crippen LogP contribution in [0.4, 0.5) is 0 Å². The molecule has 11 heteroatoms. The van der Waals surface area contributed by atoms with Crippen LogP contribution in [0.2, 0.25) is 0 Å². The molecule has 0 aliphatic heterocycles. The van der Waals surface area contributed by atoms with Crippen LogP contribution in [0.25, 0.3) is 0 Å². The molecule has 0 aromatic heterocycles. The molecule has 45 heavy (non-hydrogen) atoms. The minimum atomic E-state index is -4.60. The number of hydrogen-bond donors (Lipinski definition) is 3. The van der Waals surface area contributed by atoms with Gasteiger partial charge in [-0.1, -0.05) is 142 Å². The second-order valence-corrected chi connectivity index (χ2v) is 13.7. The largest absolute Gasteiger partial charge is 0.472 e. The SMILES string of the molecule is CCCCCCCCCCCCCCC(=O)OC(COC(=O)CCCCCCCCCCCC)COP(=O)(O)OCC(O)CO. The Morgan fingerprint density at radius 1 is 0.578 bits per heavy atom. The van der Waals surface area contributed by atoms with Gasteiger partial charge in [0, 0.05) is 12.8 Å². The molecule has 0 fully saturated rings. The van der Waals surface area contributed by atoms with E-state index < -0.39 is 51.8 Å². The lowest BCUT2D eigenvalue weighted by Crippen LogP contribution is -2.29. The number of carbonyl (C=O) groups is 2. The molecule has 0 rings (SSSR count). The Hall–Kier alpha value is -1.03. The van der Waals surface area contributed by atoms with Gasteiger partial charge in [0.1, 0.15) is 12.7 Å². The molecule has 0 saturated heterocycles. The average Bonchev–Trinajstić information content (AvgIpc) is 3.02. The maximum Gasteiger partial charge on any atom is 0.472 e. The van der Waals surface area contributed by atoms with E-state index in [4.69, 9.17) is 19.1 Å². The van der Waals surface area contributed by atoms with Crippen LogP contribution < -0.4 is 0 Å². The number of esters is 2. The Kier molecular flexibility index (Phi) is 30.8. The zero-order valence-electron chi connectivity index (χ0n) is 28.6. The molecule has 0 heterocycles. The second-order valence-electron chi connectivity index (χ2n) is 12.3. The fourth-order valence-electron chi connectivity index (χ4n) is 4.93. The van der Waals surface area contributed by atoms with E-state index in [-0.39, 0.29) is 19.4 Å². The molecule has 0 radical (unpaired) electrons. The summed E-state index contributed by atoms with van der Waals surface area (Å²) in [5.74, 6) is -0.920. The molecule has 0 aromatic carbocycles. The summed E-state index contributed by atoms with van der Waals surface area (Å²) >= 11 is 0. The molecule has 0 aromatic rings. The molecule has 268 valence electrons. The van der Waals surface area contributed by atoms with Crippen molar-refractivity contribution >= 4 is 19.8 Å². The number of aliphatic hydroxyl groups is 2. The van der Waals surface area contributed by atoms with Gasteiger partial charge in [-0.2, -0.15) is 0 Å². The quantitative estimate of drug-likeness (QED) is 0.0348. The van der Waals surface area contributed by atoms with Crippen LogP contribution in [0.1, 0.15) is 168 Å². The fourth-order valence-corrected chi connectivity index (χ4v) is 5.72. The van der Waals surface area contributed by atoms with E-state index in [0.29, 0.717) is 12.8 Å². The summed E-state index contributed by atoms with van der Waals surface area (Å²) in [6.07, 6.45) is 23.6. The molecule has 3 atom stereocenters. The van der Waals surface area contributed by atoms with E-state index in [1.807, 2.05) is 0 Å². The van der Waals surface area contributed by atoms with E-state index in [0.717, 1.165) is 38.5 Å². The van der Waals surface area contributed by atoms with Gasteiger partial charge in [-0.05, 0) is 12.8 Å². The molecule has 0 amide bonds. The molecule has 3 N–H and O–H groups in total. The van der Waals surface area contributed by atoms with Crippen LogP contribution >= 0.6 is 7.82 Å². The normalized spacial score (nSPS) is 14.2. The molecule has 3 unspecified atom stereocenters. The number of phosphoric acid groups is 1. The topological polar surface area (TPSA) is 149 Å². The molecule has 10 nitrogen and oxygen atoms in total. The van der Waals surface area contributed by atoms with Gasteiger partial charge >= 0.3 is 19.8 Å². The van der Waals surface area contributed by atoms with Gasteiger partial charge < -0.3 is 24.6 Å². The number of hydrogen-bond acceptors (Lipinski definition) is 9. The van der Waals surface area contributed by atoms with Gasteiger partial charge in [0.2, 0.25) is 0 Å². The lowest BCUT2D eigenvalue weighted by Gasteiger charge is -2.20. The van der Waals surface area contributed by atoms with Crippen molar-refractivity contribution in [2.24, 2.45) is 0 Å². The Morgan fingerprint density at radius 2 is 0.956 bits per heavy atom. The second kappa shape index (κ2) is 31.6. The predicted octanol–water partition coefficient (Wildman–Crippen LogP) is 8.33. The van der Waals surface area contributed by atoms with Gasteiger partial charge in [-0.15, -0.1) is 0 Å². The van der Waals surface area contributed by atoms with Crippen molar-refractivity contribution in [2.75, 3.05) is 26.4 Å². The summed E-state index contributed by atoms with van der Waals surface area (Å²) in [6.45, 7) is 2.35. The fraction of sp³-hybridized carbons (Fsp3) is 0.941. The molecule has 0 bridgehead atoms. The first kappa shape index (κ1) is 44.0. The monoisotopic (exact) mass is 666 g/mol. The van der Waals surface area contributed by atoms with Crippen LogP contribution in [0, 0.1) is 0 Å². The van der Waals surface area contributed by atoms with Gasteiger partial charge in [0.25, 0.3) is 0 Å². The number of unbranched alkanes of at least 4 members (excludes halogenated alkanes) is 20. The standard InChI is InChI=1S/C34H67O10P/c1-3-5-7-9-11-13-15-16-18-20-22-24-26-34(38)44-32(30-43-45(39,40)42-28-31(36)27-35)29-41-33(37)25-23-21-19-17-14-12-10-8-6-4-2/h31-32,35-36H,3-30H2,1-2H3,(H,39,40). The van der Waals surface area contributed by atoms with Crippen LogP contribution in [0.15, 0.2) is 0 Å². The van der Waals surface area contributed by atoms with E-state index >= 15 is 0 Å². The molecule has 0 saturated carbocycles. The number of rotatable bonds is 34. The number of ether oxygens (including phenoxy) is 2. The number of phosphoric ester groups is 1.